The zero-order valence-electron chi connectivity index (χ0n) is 14.0. The smallest absolute Gasteiger partial charge is 0.332 e. The van der Waals surface area contributed by atoms with Crippen molar-refractivity contribution in [3.63, 3.8) is 0 Å². The summed E-state index contributed by atoms with van der Waals surface area (Å²) in [4.78, 5) is 32.4. The Morgan fingerprint density at radius 2 is 1.79 bits per heavy atom. The van der Waals surface area contributed by atoms with Crippen molar-refractivity contribution in [2.24, 2.45) is 0 Å². The summed E-state index contributed by atoms with van der Waals surface area (Å²) < 4.78 is 2.74. The molecular formula is C18H20N4O2. The highest BCUT2D eigenvalue weighted by atomic mass is 16.2. The number of aromatic nitrogens is 4. The Labute approximate surface area is 139 Å². The molecule has 3 rings (SSSR count). The number of aryl methyl sites for hydroxylation is 1. The van der Waals surface area contributed by atoms with Crippen molar-refractivity contribution >= 4 is 22.8 Å². The molecule has 24 heavy (non-hydrogen) atoms. The van der Waals surface area contributed by atoms with Crippen LogP contribution in [0, 0.1) is 0 Å². The van der Waals surface area contributed by atoms with E-state index in [-0.39, 0.29) is 11.2 Å². The zero-order valence-corrected chi connectivity index (χ0v) is 14.0. The van der Waals surface area contributed by atoms with Crippen molar-refractivity contribution in [1.82, 2.24) is 19.1 Å². The maximum atomic E-state index is 12.5. The topological polar surface area (TPSA) is 72.7 Å². The molecule has 0 amide bonds. The first-order chi connectivity index (χ1) is 11.6. The molecule has 0 aliphatic carbocycles. The van der Waals surface area contributed by atoms with Crippen LogP contribution in [0.25, 0.3) is 22.8 Å². The average molecular weight is 324 g/mol. The molecule has 2 heterocycles. The maximum absolute atomic E-state index is 12.5. The Morgan fingerprint density at radius 3 is 2.42 bits per heavy atom. The van der Waals surface area contributed by atoms with E-state index in [0.717, 1.165) is 11.1 Å². The van der Waals surface area contributed by atoms with Crippen LogP contribution in [0.2, 0.25) is 0 Å². The van der Waals surface area contributed by atoms with Gasteiger partial charge in [-0.2, -0.15) is 0 Å². The van der Waals surface area contributed by atoms with Gasteiger partial charge in [0.15, 0.2) is 5.65 Å². The lowest BCUT2D eigenvalue weighted by Crippen LogP contribution is -2.39. The van der Waals surface area contributed by atoms with E-state index in [9.17, 15) is 9.59 Å². The SMILES string of the molecule is CCn1c(=O)c2[nH]c(/C=C(\C)c3ccccc3)nc2n(CC)c1=O. The van der Waals surface area contributed by atoms with Crippen molar-refractivity contribution in [3.05, 3.63) is 62.6 Å². The van der Waals surface area contributed by atoms with Gasteiger partial charge >= 0.3 is 5.69 Å². The number of aromatic amines is 1. The third kappa shape index (κ3) is 2.60. The number of hydrogen-bond donors (Lipinski definition) is 1. The molecule has 6 heteroatoms. The van der Waals surface area contributed by atoms with E-state index in [1.165, 1.54) is 9.13 Å². The van der Waals surface area contributed by atoms with Gasteiger partial charge in [-0.05, 0) is 38.0 Å². The number of nitrogens with zero attached hydrogens (tertiary/aromatic N) is 3. The van der Waals surface area contributed by atoms with Crippen molar-refractivity contribution in [3.8, 4) is 0 Å². The number of imidazole rings is 1. The Bertz CT molecular complexity index is 1020. The summed E-state index contributed by atoms with van der Waals surface area (Å²) in [6.45, 7) is 6.43. The largest absolute Gasteiger partial charge is 0.333 e. The van der Waals surface area contributed by atoms with Crippen LogP contribution in [0.15, 0.2) is 39.9 Å². The number of H-pyrrole nitrogens is 1. The van der Waals surface area contributed by atoms with Gasteiger partial charge in [0, 0.05) is 13.1 Å². The fraction of sp³-hybridized carbons (Fsp3) is 0.278. The van der Waals surface area contributed by atoms with Gasteiger partial charge in [-0.1, -0.05) is 30.3 Å². The lowest BCUT2D eigenvalue weighted by Gasteiger charge is -2.06. The molecule has 0 aliphatic rings. The number of allylic oxidation sites excluding steroid dienone is 1. The fourth-order valence-corrected chi connectivity index (χ4v) is 2.81. The van der Waals surface area contributed by atoms with Crippen LogP contribution in [0.5, 0.6) is 0 Å². The molecule has 1 aromatic carbocycles. The molecule has 6 nitrogen and oxygen atoms in total. The molecule has 1 N–H and O–H groups in total. The lowest BCUT2D eigenvalue weighted by atomic mass is 10.1. The molecule has 3 aromatic rings. The van der Waals surface area contributed by atoms with Gasteiger partial charge in [-0.15, -0.1) is 0 Å². The molecule has 0 radical (unpaired) electrons. The first kappa shape index (κ1) is 16.0. The molecule has 0 bridgehead atoms. The highest BCUT2D eigenvalue weighted by molar-refractivity contribution is 5.81. The van der Waals surface area contributed by atoms with E-state index in [0.29, 0.717) is 30.1 Å². The minimum absolute atomic E-state index is 0.320. The monoisotopic (exact) mass is 324 g/mol. The first-order valence-electron chi connectivity index (χ1n) is 8.03. The van der Waals surface area contributed by atoms with Crippen LogP contribution >= 0.6 is 0 Å². The van der Waals surface area contributed by atoms with E-state index in [1.54, 1.807) is 6.92 Å². The summed E-state index contributed by atoms with van der Waals surface area (Å²) in [6, 6.07) is 9.94. The minimum atomic E-state index is -0.327. The van der Waals surface area contributed by atoms with E-state index >= 15 is 0 Å². The van der Waals surface area contributed by atoms with Crippen LogP contribution in [0.3, 0.4) is 0 Å². The number of hydrogen-bond acceptors (Lipinski definition) is 3. The molecule has 0 unspecified atom stereocenters. The number of benzene rings is 1. The quantitative estimate of drug-likeness (QED) is 0.801. The van der Waals surface area contributed by atoms with Gasteiger partial charge in [-0.25, -0.2) is 9.78 Å². The van der Waals surface area contributed by atoms with Crippen LogP contribution in [0.1, 0.15) is 32.2 Å². The number of fused-ring (bicyclic) bond motifs is 1. The van der Waals surface area contributed by atoms with Gasteiger partial charge in [0.1, 0.15) is 11.3 Å². The second-order valence-electron chi connectivity index (χ2n) is 5.59. The standard InChI is InChI=1S/C18H20N4O2/c1-4-21-16-15(17(23)22(5-2)18(21)24)19-14(20-16)11-12(3)13-9-7-6-8-10-13/h6-11H,4-5H2,1-3H3,(H,19,20)/b12-11+. The van der Waals surface area contributed by atoms with Gasteiger partial charge in [0.2, 0.25) is 0 Å². The summed E-state index contributed by atoms with van der Waals surface area (Å²) in [5.41, 5.74) is 2.23. The van der Waals surface area contributed by atoms with Crippen LogP contribution < -0.4 is 11.2 Å². The second kappa shape index (κ2) is 6.31. The van der Waals surface area contributed by atoms with Crippen molar-refractivity contribution in [2.45, 2.75) is 33.9 Å². The normalized spacial score (nSPS) is 12.0. The summed E-state index contributed by atoms with van der Waals surface area (Å²) in [5, 5.41) is 0. The molecule has 0 spiro atoms. The third-order valence-electron chi connectivity index (χ3n) is 4.09. The molecule has 2 aromatic heterocycles. The molecule has 0 saturated carbocycles. The second-order valence-corrected chi connectivity index (χ2v) is 5.59. The highest BCUT2D eigenvalue weighted by Gasteiger charge is 2.15. The summed E-state index contributed by atoms with van der Waals surface area (Å²) in [6.07, 6.45) is 1.88. The highest BCUT2D eigenvalue weighted by Crippen LogP contribution is 2.17. The van der Waals surface area contributed by atoms with Gasteiger partial charge in [0.05, 0.1) is 0 Å². The lowest BCUT2D eigenvalue weighted by molar-refractivity contribution is 0.605. The Kier molecular flexibility index (Phi) is 4.20. The predicted molar refractivity (Wildman–Crippen MR) is 95.9 cm³/mol. The van der Waals surface area contributed by atoms with Crippen LogP contribution in [-0.2, 0) is 13.1 Å². The van der Waals surface area contributed by atoms with Crippen LogP contribution in [-0.4, -0.2) is 19.1 Å². The van der Waals surface area contributed by atoms with E-state index in [1.807, 2.05) is 50.3 Å². The van der Waals surface area contributed by atoms with Gasteiger partial charge in [-0.3, -0.25) is 13.9 Å². The Balaban J connectivity index is 2.21. The molecule has 0 fully saturated rings. The number of rotatable bonds is 4. The van der Waals surface area contributed by atoms with Crippen molar-refractivity contribution in [1.29, 1.82) is 0 Å². The fourth-order valence-electron chi connectivity index (χ4n) is 2.81. The van der Waals surface area contributed by atoms with Crippen LogP contribution in [0.4, 0.5) is 0 Å². The predicted octanol–water partition coefficient (Wildman–Crippen LogP) is 2.49. The summed E-state index contributed by atoms with van der Waals surface area (Å²) in [7, 11) is 0. The molecule has 124 valence electrons. The minimum Gasteiger partial charge on any atom is -0.333 e. The summed E-state index contributed by atoms with van der Waals surface area (Å²) in [5.74, 6) is 0.568. The third-order valence-corrected chi connectivity index (χ3v) is 4.09. The molecule has 0 atom stereocenters. The van der Waals surface area contributed by atoms with Crippen molar-refractivity contribution in [2.75, 3.05) is 0 Å². The maximum Gasteiger partial charge on any atom is 0.332 e. The number of nitrogens with one attached hydrogen (secondary N) is 1. The Hall–Kier alpha value is -2.89. The zero-order chi connectivity index (χ0) is 17.3. The molecule has 0 saturated heterocycles. The van der Waals surface area contributed by atoms with E-state index < -0.39 is 0 Å². The van der Waals surface area contributed by atoms with Crippen molar-refractivity contribution < 1.29 is 0 Å². The molecular weight excluding hydrogens is 304 g/mol. The first-order valence-corrected chi connectivity index (χ1v) is 8.03. The average Bonchev–Trinajstić information content (AvgIpc) is 3.00. The van der Waals surface area contributed by atoms with E-state index in [4.69, 9.17) is 0 Å². The Morgan fingerprint density at radius 1 is 1.12 bits per heavy atom. The molecule has 0 aliphatic heterocycles. The van der Waals surface area contributed by atoms with E-state index in [2.05, 4.69) is 9.97 Å². The van der Waals surface area contributed by atoms with Gasteiger partial charge in [0.25, 0.3) is 5.56 Å². The van der Waals surface area contributed by atoms with Gasteiger partial charge < -0.3 is 4.98 Å². The summed E-state index contributed by atoms with van der Waals surface area (Å²) >= 11 is 0.